The van der Waals surface area contributed by atoms with Crippen molar-refractivity contribution in [1.82, 2.24) is 4.98 Å². The molecule has 1 aromatic heterocycles. The summed E-state index contributed by atoms with van der Waals surface area (Å²) in [6, 6.07) is 10.0. The van der Waals surface area contributed by atoms with E-state index in [1.54, 1.807) is 13.1 Å². The molecule has 2 aromatic rings. The summed E-state index contributed by atoms with van der Waals surface area (Å²) in [6.45, 7) is 7.45. The summed E-state index contributed by atoms with van der Waals surface area (Å²) in [4.78, 5) is 17.9. The Hall–Kier alpha value is -2.10. The first kappa shape index (κ1) is 16.3. The lowest BCUT2D eigenvalue weighted by atomic mass is 10.1. The van der Waals surface area contributed by atoms with E-state index in [4.69, 9.17) is 0 Å². The fraction of sp³-hybridized carbons (Fsp3) is 0.444. The number of para-hydroxylation sites is 1. The summed E-state index contributed by atoms with van der Waals surface area (Å²) in [5.41, 5.74) is 1.96. The van der Waals surface area contributed by atoms with Crippen LogP contribution in [0, 0.1) is 11.8 Å². The van der Waals surface area contributed by atoms with Crippen LogP contribution in [0.2, 0.25) is 0 Å². The average Bonchev–Trinajstić information content (AvgIpc) is 2.50. The van der Waals surface area contributed by atoms with Crippen LogP contribution >= 0.6 is 0 Å². The minimum atomic E-state index is -0.761. The first-order valence-corrected chi connectivity index (χ1v) is 7.80. The molecule has 0 fully saturated rings. The summed E-state index contributed by atoms with van der Waals surface area (Å²) in [5.74, 6) is -0.598. The third-order valence-corrected chi connectivity index (χ3v) is 3.84. The molecule has 1 heterocycles. The molecule has 1 unspecified atom stereocenters. The van der Waals surface area contributed by atoms with Gasteiger partial charge in [-0.05, 0) is 24.5 Å². The van der Waals surface area contributed by atoms with Crippen molar-refractivity contribution >= 4 is 22.6 Å². The van der Waals surface area contributed by atoms with Gasteiger partial charge in [0.05, 0.1) is 17.1 Å². The number of carboxylic acids is 1. The molecule has 0 saturated heterocycles. The number of carbonyl (C=O) groups is 1. The molecule has 0 aliphatic heterocycles. The molecule has 1 N–H and O–H groups in total. The SMILES string of the molecule is CC(C)CCN(CC(C)C(=O)O)c1cccc2cccnc12. The third kappa shape index (κ3) is 3.97. The Morgan fingerprint density at radius 2 is 1.95 bits per heavy atom. The zero-order valence-electron chi connectivity index (χ0n) is 13.5. The molecule has 0 aliphatic rings. The highest BCUT2D eigenvalue weighted by molar-refractivity contribution is 5.90. The summed E-state index contributed by atoms with van der Waals surface area (Å²) in [6.07, 6.45) is 2.81. The maximum atomic E-state index is 11.2. The monoisotopic (exact) mass is 300 g/mol. The van der Waals surface area contributed by atoms with Crippen molar-refractivity contribution in [2.75, 3.05) is 18.0 Å². The van der Waals surface area contributed by atoms with Gasteiger partial charge in [0.1, 0.15) is 0 Å². The molecule has 0 amide bonds. The van der Waals surface area contributed by atoms with Crippen LogP contribution in [-0.2, 0) is 4.79 Å². The molecule has 1 aromatic carbocycles. The molecule has 2 rings (SSSR count). The molecule has 1 atom stereocenters. The van der Waals surface area contributed by atoms with Crippen LogP contribution in [0.4, 0.5) is 5.69 Å². The molecule has 0 spiro atoms. The van der Waals surface area contributed by atoms with E-state index in [2.05, 4.69) is 23.7 Å². The summed E-state index contributed by atoms with van der Waals surface area (Å²) >= 11 is 0. The second-order valence-electron chi connectivity index (χ2n) is 6.22. The smallest absolute Gasteiger partial charge is 0.308 e. The van der Waals surface area contributed by atoms with Crippen molar-refractivity contribution in [3.05, 3.63) is 36.5 Å². The standard InChI is InChI=1S/C18H24N2O2/c1-13(2)9-11-20(12-14(3)18(21)22)16-8-4-6-15-7-5-10-19-17(15)16/h4-8,10,13-14H,9,11-12H2,1-3H3,(H,21,22). The van der Waals surface area contributed by atoms with E-state index in [1.165, 1.54) is 0 Å². The van der Waals surface area contributed by atoms with Crippen LogP contribution in [0.5, 0.6) is 0 Å². The molecule has 118 valence electrons. The summed E-state index contributed by atoms with van der Waals surface area (Å²) in [7, 11) is 0. The van der Waals surface area contributed by atoms with Crippen molar-refractivity contribution in [3.8, 4) is 0 Å². The number of rotatable bonds is 7. The van der Waals surface area contributed by atoms with Crippen molar-refractivity contribution in [1.29, 1.82) is 0 Å². The number of benzene rings is 1. The van der Waals surface area contributed by atoms with Gasteiger partial charge in [-0.3, -0.25) is 9.78 Å². The van der Waals surface area contributed by atoms with Gasteiger partial charge in [0.15, 0.2) is 0 Å². The first-order valence-electron chi connectivity index (χ1n) is 7.80. The quantitative estimate of drug-likeness (QED) is 0.845. The second-order valence-corrected chi connectivity index (χ2v) is 6.22. The molecular weight excluding hydrogens is 276 g/mol. The predicted octanol–water partition coefficient (Wildman–Crippen LogP) is 3.81. The predicted molar refractivity (Wildman–Crippen MR) is 90.2 cm³/mol. The van der Waals surface area contributed by atoms with Gasteiger partial charge in [0.2, 0.25) is 0 Å². The molecule has 4 heteroatoms. The zero-order chi connectivity index (χ0) is 16.1. The van der Waals surface area contributed by atoms with E-state index in [-0.39, 0.29) is 0 Å². The molecule has 0 bridgehead atoms. The van der Waals surface area contributed by atoms with E-state index in [0.29, 0.717) is 12.5 Å². The number of hydrogen-bond acceptors (Lipinski definition) is 3. The lowest BCUT2D eigenvalue weighted by Gasteiger charge is -2.28. The molecule has 0 saturated carbocycles. The number of anilines is 1. The van der Waals surface area contributed by atoms with Crippen LogP contribution in [0.3, 0.4) is 0 Å². The Morgan fingerprint density at radius 1 is 1.23 bits per heavy atom. The number of aromatic nitrogens is 1. The Morgan fingerprint density at radius 3 is 2.64 bits per heavy atom. The van der Waals surface area contributed by atoms with Crippen LogP contribution in [0.1, 0.15) is 27.2 Å². The maximum absolute atomic E-state index is 11.2. The van der Waals surface area contributed by atoms with Crippen molar-refractivity contribution in [3.63, 3.8) is 0 Å². The Labute approximate surface area is 131 Å². The van der Waals surface area contributed by atoms with E-state index >= 15 is 0 Å². The maximum Gasteiger partial charge on any atom is 0.308 e. The van der Waals surface area contributed by atoms with E-state index in [0.717, 1.165) is 29.6 Å². The Kier molecular flexibility index (Phi) is 5.36. The minimum absolute atomic E-state index is 0.411. The van der Waals surface area contributed by atoms with E-state index in [1.807, 2.05) is 30.3 Å². The number of hydrogen-bond donors (Lipinski definition) is 1. The summed E-state index contributed by atoms with van der Waals surface area (Å²) < 4.78 is 0. The van der Waals surface area contributed by atoms with E-state index < -0.39 is 11.9 Å². The number of aliphatic carboxylic acids is 1. The molecular formula is C18H24N2O2. The topological polar surface area (TPSA) is 53.4 Å². The van der Waals surface area contributed by atoms with E-state index in [9.17, 15) is 9.90 Å². The number of carboxylic acid groups (broad SMARTS) is 1. The number of fused-ring (bicyclic) bond motifs is 1. The second kappa shape index (κ2) is 7.25. The van der Waals surface area contributed by atoms with Gasteiger partial charge < -0.3 is 10.0 Å². The van der Waals surface area contributed by atoms with Crippen molar-refractivity contribution in [2.24, 2.45) is 11.8 Å². The number of nitrogens with zero attached hydrogens (tertiary/aromatic N) is 2. The van der Waals surface area contributed by atoms with Gasteiger partial charge in [-0.25, -0.2) is 0 Å². The Bertz CT molecular complexity index is 635. The average molecular weight is 300 g/mol. The fourth-order valence-corrected chi connectivity index (χ4v) is 2.48. The Balaban J connectivity index is 2.35. The fourth-order valence-electron chi connectivity index (χ4n) is 2.48. The van der Waals surface area contributed by atoms with Crippen LogP contribution in [0.15, 0.2) is 36.5 Å². The lowest BCUT2D eigenvalue weighted by Crippen LogP contribution is -2.33. The van der Waals surface area contributed by atoms with Gasteiger partial charge in [-0.2, -0.15) is 0 Å². The van der Waals surface area contributed by atoms with Gasteiger partial charge in [-0.1, -0.05) is 39.0 Å². The highest BCUT2D eigenvalue weighted by Crippen LogP contribution is 2.26. The van der Waals surface area contributed by atoms with Gasteiger partial charge >= 0.3 is 5.97 Å². The van der Waals surface area contributed by atoms with Crippen LogP contribution < -0.4 is 4.90 Å². The lowest BCUT2D eigenvalue weighted by molar-refractivity contribution is -0.140. The molecule has 22 heavy (non-hydrogen) atoms. The molecule has 4 nitrogen and oxygen atoms in total. The van der Waals surface area contributed by atoms with Crippen molar-refractivity contribution < 1.29 is 9.90 Å². The largest absolute Gasteiger partial charge is 0.481 e. The normalized spacial score (nSPS) is 12.5. The zero-order valence-corrected chi connectivity index (χ0v) is 13.5. The van der Waals surface area contributed by atoms with Gasteiger partial charge in [-0.15, -0.1) is 0 Å². The van der Waals surface area contributed by atoms with Gasteiger partial charge in [0.25, 0.3) is 0 Å². The third-order valence-electron chi connectivity index (χ3n) is 3.84. The molecule has 0 aliphatic carbocycles. The van der Waals surface area contributed by atoms with Crippen LogP contribution in [0.25, 0.3) is 10.9 Å². The van der Waals surface area contributed by atoms with Crippen LogP contribution in [-0.4, -0.2) is 29.1 Å². The molecule has 0 radical (unpaired) electrons. The minimum Gasteiger partial charge on any atom is -0.481 e. The van der Waals surface area contributed by atoms with Gasteiger partial charge in [0, 0.05) is 24.7 Å². The summed E-state index contributed by atoms with van der Waals surface area (Å²) in [5, 5.41) is 10.3. The van der Waals surface area contributed by atoms with Crippen molar-refractivity contribution in [2.45, 2.75) is 27.2 Å². The first-order chi connectivity index (χ1) is 10.5. The highest BCUT2D eigenvalue weighted by Gasteiger charge is 2.18. The number of pyridine rings is 1. The highest BCUT2D eigenvalue weighted by atomic mass is 16.4.